The Morgan fingerprint density at radius 1 is 0.905 bits per heavy atom. The van der Waals surface area contributed by atoms with E-state index in [9.17, 15) is 5.11 Å². The van der Waals surface area contributed by atoms with E-state index in [0.717, 1.165) is 25.7 Å². The molecule has 1 unspecified atom stereocenters. The fourth-order valence-electron chi connectivity index (χ4n) is 3.46. The Morgan fingerprint density at radius 3 is 1.86 bits per heavy atom. The Bertz CT molecular complexity index is 230. The van der Waals surface area contributed by atoms with Gasteiger partial charge in [0.1, 0.15) is 0 Å². The first-order chi connectivity index (χ1) is 10.2. The first-order valence-corrected chi connectivity index (χ1v) is 9.45. The smallest absolute Gasteiger partial charge is 0.0703 e. The van der Waals surface area contributed by atoms with Crippen LogP contribution in [0.1, 0.15) is 103 Å². The maximum Gasteiger partial charge on any atom is 0.0703 e. The molecular weight excluding hydrogens is 260 g/mol. The van der Waals surface area contributed by atoms with E-state index >= 15 is 0 Å². The van der Waals surface area contributed by atoms with E-state index in [2.05, 4.69) is 6.92 Å². The predicted octanol–water partition coefficient (Wildman–Crippen LogP) is 5.62. The van der Waals surface area contributed by atoms with Crippen LogP contribution in [0.25, 0.3) is 0 Å². The summed E-state index contributed by atoms with van der Waals surface area (Å²) in [5.41, 5.74) is 0.0257. The zero-order chi connectivity index (χ0) is 15.4. The van der Waals surface area contributed by atoms with Gasteiger partial charge in [-0.25, -0.2) is 0 Å². The maximum atomic E-state index is 10.1. The van der Waals surface area contributed by atoms with E-state index in [1.54, 1.807) is 7.11 Å². The molecule has 1 saturated carbocycles. The van der Waals surface area contributed by atoms with Crippen molar-refractivity contribution in [2.45, 2.75) is 115 Å². The molecule has 2 heteroatoms. The molecule has 0 amide bonds. The molecule has 0 spiro atoms. The zero-order valence-corrected chi connectivity index (χ0v) is 14.5. The number of methoxy groups -OCH3 is 1. The van der Waals surface area contributed by atoms with Gasteiger partial charge in [0.05, 0.1) is 11.7 Å². The Balaban J connectivity index is 1.85. The molecule has 21 heavy (non-hydrogen) atoms. The summed E-state index contributed by atoms with van der Waals surface area (Å²) in [6, 6.07) is 0. The summed E-state index contributed by atoms with van der Waals surface area (Å²) in [7, 11) is 1.80. The lowest BCUT2D eigenvalue weighted by molar-refractivity contribution is -0.100. The number of aliphatic hydroxyl groups excluding tert-OH is 1. The van der Waals surface area contributed by atoms with E-state index in [1.165, 1.54) is 70.6 Å². The lowest BCUT2D eigenvalue weighted by atomic mass is 9.75. The van der Waals surface area contributed by atoms with Crippen molar-refractivity contribution in [2.75, 3.05) is 7.11 Å². The number of hydrogen-bond acceptors (Lipinski definition) is 2. The number of ether oxygens (including phenoxy) is 1. The summed E-state index contributed by atoms with van der Waals surface area (Å²) in [6.07, 6.45) is 18.8. The largest absolute Gasteiger partial charge is 0.393 e. The van der Waals surface area contributed by atoms with Gasteiger partial charge in [0.15, 0.2) is 0 Å². The van der Waals surface area contributed by atoms with Crippen LogP contribution in [-0.4, -0.2) is 23.9 Å². The van der Waals surface area contributed by atoms with Crippen molar-refractivity contribution in [1.29, 1.82) is 0 Å². The molecule has 0 aromatic carbocycles. The molecule has 0 aromatic rings. The molecule has 0 aliphatic heterocycles. The molecule has 0 aromatic heterocycles. The first-order valence-electron chi connectivity index (χ1n) is 9.45. The summed E-state index contributed by atoms with van der Waals surface area (Å²) in [5, 5.41) is 10.1. The minimum absolute atomic E-state index is 0.0257. The average molecular weight is 299 g/mol. The molecule has 126 valence electrons. The van der Waals surface area contributed by atoms with Crippen LogP contribution in [0, 0.1) is 0 Å². The molecule has 1 fully saturated rings. The van der Waals surface area contributed by atoms with Gasteiger partial charge < -0.3 is 9.84 Å². The lowest BCUT2D eigenvalue weighted by Gasteiger charge is -2.41. The molecule has 0 radical (unpaired) electrons. The number of hydrogen-bond donors (Lipinski definition) is 1. The maximum absolute atomic E-state index is 10.1. The molecule has 1 aliphatic rings. The van der Waals surface area contributed by atoms with E-state index in [4.69, 9.17) is 4.74 Å². The van der Waals surface area contributed by atoms with Crippen molar-refractivity contribution in [3.63, 3.8) is 0 Å². The summed E-state index contributed by atoms with van der Waals surface area (Å²) >= 11 is 0. The highest BCUT2D eigenvalue weighted by atomic mass is 16.5. The first kappa shape index (κ1) is 19.0. The second kappa shape index (κ2) is 11.5. The van der Waals surface area contributed by atoms with Crippen molar-refractivity contribution in [1.82, 2.24) is 0 Å². The van der Waals surface area contributed by atoms with Gasteiger partial charge in [-0.3, -0.25) is 0 Å². The highest BCUT2D eigenvalue weighted by Crippen LogP contribution is 2.39. The standard InChI is InChI=1S/C19H38O2/c1-3-4-5-6-7-8-9-10-11-12-14-18(20)17-19(21-2)15-13-16-19/h18,20H,3-17H2,1-2H3. The fourth-order valence-corrected chi connectivity index (χ4v) is 3.46. The van der Waals surface area contributed by atoms with Crippen LogP contribution >= 0.6 is 0 Å². The van der Waals surface area contributed by atoms with Crippen LogP contribution < -0.4 is 0 Å². The van der Waals surface area contributed by atoms with Crippen LogP contribution in [-0.2, 0) is 4.74 Å². The molecule has 0 saturated heterocycles. The van der Waals surface area contributed by atoms with Crippen molar-refractivity contribution in [3.05, 3.63) is 0 Å². The van der Waals surface area contributed by atoms with Crippen LogP contribution in [0.2, 0.25) is 0 Å². The molecular formula is C19H38O2. The lowest BCUT2D eigenvalue weighted by Crippen LogP contribution is -2.42. The Morgan fingerprint density at radius 2 is 1.43 bits per heavy atom. The fraction of sp³-hybridized carbons (Fsp3) is 1.00. The number of rotatable bonds is 14. The summed E-state index contributed by atoms with van der Waals surface area (Å²) in [6.45, 7) is 2.27. The van der Waals surface area contributed by atoms with Gasteiger partial charge >= 0.3 is 0 Å². The van der Waals surface area contributed by atoms with Gasteiger partial charge in [0.25, 0.3) is 0 Å². The third-order valence-electron chi connectivity index (χ3n) is 5.20. The second-order valence-electron chi connectivity index (χ2n) is 7.07. The van der Waals surface area contributed by atoms with Crippen molar-refractivity contribution >= 4 is 0 Å². The van der Waals surface area contributed by atoms with E-state index in [-0.39, 0.29) is 11.7 Å². The van der Waals surface area contributed by atoms with Crippen molar-refractivity contribution in [3.8, 4) is 0 Å². The third kappa shape index (κ3) is 8.21. The molecule has 0 heterocycles. The van der Waals surface area contributed by atoms with E-state index in [0.29, 0.717) is 0 Å². The summed E-state index contributed by atoms with van der Waals surface area (Å²) in [4.78, 5) is 0. The number of unbranched alkanes of at least 4 members (excludes halogenated alkanes) is 9. The molecule has 1 rings (SSSR count). The monoisotopic (exact) mass is 298 g/mol. The summed E-state index contributed by atoms with van der Waals surface area (Å²) < 4.78 is 5.58. The van der Waals surface area contributed by atoms with Crippen LogP contribution in [0.4, 0.5) is 0 Å². The minimum Gasteiger partial charge on any atom is -0.393 e. The predicted molar refractivity (Wildman–Crippen MR) is 90.7 cm³/mol. The van der Waals surface area contributed by atoms with Gasteiger partial charge in [-0.05, 0) is 25.7 Å². The van der Waals surface area contributed by atoms with Gasteiger partial charge in [0.2, 0.25) is 0 Å². The third-order valence-corrected chi connectivity index (χ3v) is 5.20. The summed E-state index contributed by atoms with van der Waals surface area (Å²) in [5.74, 6) is 0. The van der Waals surface area contributed by atoms with Crippen molar-refractivity contribution < 1.29 is 9.84 Å². The molecule has 1 atom stereocenters. The Hall–Kier alpha value is -0.0800. The van der Waals surface area contributed by atoms with Gasteiger partial charge in [-0.2, -0.15) is 0 Å². The van der Waals surface area contributed by atoms with Crippen LogP contribution in [0.15, 0.2) is 0 Å². The topological polar surface area (TPSA) is 29.5 Å². The van der Waals surface area contributed by atoms with Gasteiger partial charge in [-0.1, -0.05) is 71.1 Å². The van der Waals surface area contributed by atoms with Gasteiger partial charge in [-0.15, -0.1) is 0 Å². The SMILES string of the molecule is CCCCCCCCCCCCC(O)CC1(OC)CCC1. The molecule has 1 N–H and O–H groups in total. The Labute approximate surface area is 132 Å². The molecule has 2 nitrogen and oxygen atoms in total. The zero-order valence-electron chi connectivity index (χ0n) is 14.5. The quantitative estimate of drug-likeness (QED) is 0.422. The number of aliphatic hydroxyl groups is 1. The van der Waals surface area contributed by atoms with Crippen molar-refractivity contribution in [2.24, 2.45) is 0 Å². The van der Waals surface area contributed by atoms with E-state index in [1.807, 2.05) is 0 Å². The van der Waals surface area contributed by atoms with Crippen LogP contribution in [0.3, 0.4) is 0 Å². The molecule has 0 bridgehead atoms. The normalized spacial score (nSPS) is 18.4. The highest BCUT2D eigenvalue weighted by molar-refractivity contribution is 4.91. The van der Waals surface area contributed by atoms with Gasteiger partial charge in [0, 0.05) is 13.5 Å². The van der Waals surface area contributed by atoms with Crippen LogP contribution in [0.5, 0.6) is 0 Å². The second-order valence-corrected chi connectivity index (χ2v) is 7.07. The Kier molecular flexibility index (Phi) is 10.4. The average Bonchev–Trinajstić information content (AvgIpc) is 2.45. The van der Waals surface area contributed by atoms with E-state index < -0.39 is 0 Å². The highest BCUT2D eigenvalue weighted by Gasteiger charge is 2.38. The minimum atomic E-state index is -0.153. The molecule has 1 aliphatic carbocycles.